The summed E-state index contributed by atoms with van der Waals surface area (Å²) >= 11 is 2.69. The van der Waals surface area contributed by atoms with Crippen LogP contribution in [0.1, 0.15) is 25.5 Å². The van der Waals surface area contributed by atoms with E-state index in [9.17, 15) is 13.2 Å². The van der Waals surface area contributed by atoms with Crippen molar-refractivity contribution in [3.8, 4) is 10.7 Å². The van der Waals surface area contributed by atoms with Crippen LogP contribution in [-0.2, 0) is 6.18 Å². The van der Waals surface area contributed by atoms with Gasteiger partial charge < -0.3 is 0 Å². The van der Waals surface area contributed by atoms with Gasteiger partial charge in [-0.1, -0.05) is 13.3 Å². The fourth-order valence-electron chi connectivity index (χ4n) is 2.01. The SMILES string of the molecule is CCCCSc1cc2nc(-c3nccs3)cc(C(F)(F)F)n2n1. The van der Waals surface area contributed by atoms with Crippen molar-refractivity contribution >= 4 is 28.7 Å². The lowest BCUT2D eigenvalue weighted by atomic mass is 10.3. The predicted octanol–water partition coefficient (Wildman–Crippen LogP) is 4.76. The van der Waals surface area contributed by atoms with Gasteiger partial charge in [-0.2, -0.15) is 18.3 Å². The van der Waals surface area contributed by atoms with E-state index in [2.05, 4.69) is 22.0 Å². The summed E-state index contributed by atoms with van der Waals surface area (Å²) in [6.45, 7) is 2.06. The third-order valence-electron chi connectivity index (χ3n) is 3.09. The highest BCUT2D eigenvalue weighted by atomic mass is 32.2. The van der Waals surface area contributed by atoms with Crippen molar-refractivity contribution in [1.29, 1.82) is 0 Å². The van der Waals surface area contributed by atoms with Crippen LogP contribution < -0.4 is 0 Å². The Morgan fingerprint density at radius 2 is 2.13 bits per heavy atom. The van der Waals surface area contributed by atoms with Crippen LogP contribution in [0.25, 0.3) is 16.3 Å². The van der Waals surface area contributed by atoms with Crippen LogP contribution in [0.4, 0.5) is 13.2 Å². The molecular formula is C14H13F3N4S2. The Labute approximate surface area is 138 Å². The molecule has 0 saturated carbocycles. The highest BCUT2D eigenvalue weighted by molar-refractivity contribution is 7.99. The van der Waals surface area contributed by atoms with Crippen LogP contribution in [-0.4, -0.2) is 25.3 Å². The molecular weight excluding hydrogens is 345 g/mol. The fraction of sp³-hybridized carbons (Fsp3) is 0.357. The van der Waals surface area contributed by atoms with Crippen LogP contribution in [0, 0.1) is 0 Å². The molecule has 0 aliphatic heterocycles. The summed E-state index contributed by atoms with van der Waals surface area (Å²) in [6, 6.07) is 2.59. The molecule has 3 rings (SSSR count). The second-order valence-corrected chi connectivity index (χ2v) is 6.83. The van der Waals surface area contributed by atoms with E-state index in [-0.39, 0.29) is 11.3 Å². The normalized spacial score (nSPS) is 12.2. The van der Waals surface area contributed by atoms with Crippen molar-refractivity contribution < 1.29 is 13.2 Å². The Kier molecular flexibility index (Phi) is 4.58. The van der Waals surface area contributed by atoms with Gasteiger partial charge in [-0.25, -0.2) is 14.5 Å². The lowest BCUT2D eigenvalue weighted by Gasteiger charge is -2.09. The van der Waals surface area contributed by atoms with Gasteiger partial charge in [0.1, 0.15) is 15.7 Å². The van der Waals surface area contributed by atoms with Gasteiger partial charge in [0.05, 0.1) is 0 Å². The third-order valence-corrected chi connectivity index (χ3v) is 4.88. The monoisotopic (exact) mass is 358 g/mol. The summed E-state index contributed by atoms with van der Waals surface area (Å²) in [5.74, 6) is 0.821. The van der Waals surface area contributed by atoms with Crippen molar-refractivity contribution in [2.24, 2.45) is 0 Å². The molecule has 0 N–H and O–H groups in total. The summed E-state index contributed by atoms with van der Waals surface area (Å²) in [4.78, 5) is 8.31. The zero-order chi connectivity index (χ0) is 16.4. The molecule has 0 bridgehead atoms. The molecule has 0 fully saturated rings. The quantitative estimate of drug-likeness (QED) is 0.487. The summed E-state index contributed by atoms with van der Waals surface area (Å²) in [5.41, 5.74) is -0.441. The third kappa shape index (κ3) is 3.50. The molecule has 122 valence electrons. The fourth-order valence-corrected chi connectivity index (χ4v) is 3.57. The highest BCUT2D eigenvalue weighted by Gasteiger charge is 2.35. The van der Waals surface area contributed by atoms with Crippen LogP contribution in [0.5, 0.6) is 0 Å². The largest absolute Gasteiger partial charge is 0.433 e. The van der Waals surface area contributed by atoms with Crippen molar-refractivity contribution in [1.82, 2.24) is 19.6 Å². The maximum absolute atomic E-state index is 13.3. The number of thiazole rings is 1. The smallest absolute Gasteiger partial charge is 0.243 e. The Balaban J connectivity index is 2.08. The molecule has 0 radical (unpaired) electrons. The van der Waals surface area contributed by atoms with Crippen LogP contribution in [0.3, 0.4) is 0 Å². The number of aromatic nitrogens is 4. The Morgan fingerprint density at radius 1 is 1.30 bits per heavy atom. The van der Waals surface area contributed by atoms with Gasteiger partial charge >= 0.3 is 6.18 Å². The number of nitrogens with zero attached hydrogens (tertiary/aromatic N) is 4. The van der Waals surface area contributed by atoms with Gasteiger partial charge in [0, 0.05) is 17.6 Å². The molecule has 0 unspecified atom stereocenters. The summed E-state index contributed by atoms with van der Waals surface area (Å²) in [5, 5.41) is 6.77. The minimum atomic E-state index is -4.51. The van der Waals surface area contributed by atoms with E-state index in [0.29, 0.717) is 10.0 Å². The second-order valence-electron chi connectivity index (χ2n) is 4.82. The van der Waals surface area contributed by atoms with Crippen molar-refractivity contribution in [3.05, 3.63) is 29.4 Å². The Morgan fingerprint density at radius 3 is 2.78 bits per heavy atom. The molecule has 0 atom stereocenters. The average Bonchev–Trinajstić information content (AvgIpc) is 3.14. The maximum atomic E-state index is 13.3. The van der Waals surface area contributed by atoms with Crippen molar-refractivity contribution in [2.75, 3.05) is 5.75 Å². The van der Waals surface area contributed by atoms with Gasteiger partial charge in [-0.05, 0) is 18.2 Å². The molecule has 3 heterocycles. The predicted molar refractivity (Wildman–Crippen MR) is 84.7 cm³/mol. The summed E-state index contributed by atoms with van der Waals surface area (Å²) in [6.07, 6.45) is -0.949. The van der Waals surface area contributed by atoms with Crippen LogP contribution in [0.15, 0.2) is 28.7 Å². The number of thioether (sulfide) groups is 1. The van der Waals surface area contributed by atoms with Crippen molar-refractivity contribution in [3.63, 3.8) is 0 Å². The second kappa shape index (κ2) is 6.48. The number of hydrogen-bond donors (Lipinski definition) is 0. The number of fused-ring (bicyclic) bond motifs is 1. The van der Waals surface area contributed by atoms with E-state index >= 15 is 0 Å². The van der Waals surface area contributed by atoms with E-state index in [0.717, 1.165) is 29.2 Å². The van der Waals surface area contributed by atoms with E-state index in [1.54, 1.807) is 17.6 Å². The van der Waals surface area contributed by atoms with E-state index < -0.39 is 11.9 Å². The zero-order valence-corrected chi connectivity index (χ0v) is 13.8. The lowest BCUT2D eigenvalue weighted by Crippen LogP contribution is -2.13. The summed E-state index contributed by atoms with van der Waals surface area (Å²) < 4.78 is 40.9. The molecule has 0 amide bonds. The first-order valence-corrected chi connectivity index (χ1v) is 8.86. The molecule has 23 heavy (non-hydrogen) atoms. The first kappa shape index (κ1) is 16.3. The molecule has 3 aromatic rings. The van der Waals surface area contributed by atoms with E-state index in [1.165, 1.54) is 23.1 Å². The van der Waals surface area contributed by atoms with Gasteiger partial charge in [0.15, 0.2) is 11.3 Å². The minimum absolute atomic E-state index is 0.184. The zero-order valence-electron chi connectivity index (χ0n) is 12.2. The number of hydrogen-bond acceptors (Lipinski definition) is 5. The molecule has 3 aromatic heterocycles. The summed E-state index contributed by atoms with van der Waals surface area (Å²) in [7, 11) is 0. The molecule has 0 aliphatic rings. The molecule has 4 nitrogen and oxygen atoms in total. The number of rotatable bonds is 5. The van der Waals surface area contributed by atoms with Crippen LogP contribution in [0.2, 0.25) is 0 Å². The Hall–Kier alpha value is -1.61. The molecule has 0 spiro atoms. The highest BCUT2D eigenvalue weighted by Crippen LogP contribution is 2.33. The first-order chi connectivity index (χ1) is 11.0. The van der Waals surface area contributed by atoms with E-state index in [4.69, 9.17) is 0 Å². The molecule has 0 aromatic carbocycles. The average molecular weight is 358 g/mol. The standard InChI is InChI=1S/C14H13F3N4S2/c1-2-3-5-22-12-8-11-19-9(13-18-4-6-23-13)7-10(14(15,16)17)21(11)20-12/h4,6-8H,2-3,5H2,1H3. The topological polar surface area (TPSA) is 43.1 Å². The van der Waals surface area contributed by atoms with Gasteiger partial charge in [0.25, 0.3) is 0 Å². The number of alkyl halides is 3. The number of halogens is 3. The Bertz CT molecular complexity index is 796. The van der Waals surface area contributed by atoms with Crippen molar-refractivity contribution in [2.45, 2.75) is 31.0 Å². The van der Waals surface area contributed by atoms with Gasteiger partial charge in [-0.3, -0.25) is 0 Å². The minimum Gasteiger partial charge on any atom is -0.243 e. The first-order valence-electron chi connectivity index (χ1n) is 6.99. The van der Waals surface area contributed by atoms with Gasteiger partial charge in [0.2, 0.25) is 0 Å². The number of unbranched alkanes of at least 4 members (excludes halogenated alkanes) is 1. The van der Waals surface area contributed by atoms with Crippen LogP contribution >= 0.6 is 23.1 Å². The lowest BCUT2D eigenvalue weighted by molar-refractivity contribution is -0.142. The molecule has 0 aliphatic carbocycles. The van der Waals surface area contributed by atoms with E-state index in [1.807, 2.05) is 0 Å². The molecule has 9 heteroatoms. The molecule has 0 saturated heterocycles. The van der Waals surface area contributed by atoms with Gasteiger partial charge in [-0.15, -0.1) is 23.1 Å². The maximum Gasteiger partial charge on any atom is 0.433 e.